The number of carbonyl (C=O) groups is 1. The third kappa shape index (κ3) is 3.92. The third-order valence-corrected chi connectivity index (χ3v) is 5.54. The zero-order valence-electron chi connectivity index (χ0n) is 17.7. The predicted molar refractivity (Wildman–Crippen MR) is 116 cm³/mol. The van der Waals surface area contributed by atoms with Crippen LogP contribution in [0.15, 0.2) is 47.9 Å². The molecular weight excluding hydrogens is 376 g/mol. The Morgan fingerprint density at radius 1 is 1.17 bits per heavy atom. The van der Waals surface area contributed by atoms with Crippen LogP contribution in [-0.4, -0.2) is 36.7 Å². The van der Waals surface area contributed by atoms with Crippen molar-refractivity contribution in [2.24, 2.45) is 5.73 Å². The molecule has 0 unspecified atom stereocenters. The highest BCUT2D eigenvalue weighted by atomic mass is 16.5. The van der Waals surface area contributed by atoms with Gasteiger partial charge in [-0.1, -0.05) is 18.2 Å². The number of benzene rings is 2. The molecule has 2 aromatic rings. The van der Waals surface area contributed by atoms with Gasteiger partial charge in [0, 0.05) is 35.8 Å². The van der Waals surface area contributed by atoms with Gasteiger partial charge >= 0.3 is 0 Å². The van der Waals surface area contributed by atoms with Crippen LogP contribution in [0, 0.1) is 30.6 Å². The number of carbonyl (C=O) groups excluding carboxylic acids is 1. The number of amides is 1. The van der Waals surface area contributed by atoms with E-state index in [4.69, 9.17) is 21.1 Å². The molecule has 0 aromatic heterocycles. The summed E-state index contributed by atoms with van der Waals surface area (Å²) in [5.74, 6) is 0.539. The molecule has 1 aliphatic rings. The number of hydrogen-bond donors (Lipinski definition) is 2. The van der Waals surface area contributed by atoms with E-state index >= 15 is 0 Å². The van der Waals surface area contributed by atoms with E-state index in [1.807, 2.05) is 49.1 Å². The first-order valence-electron chi connectivity index (χ1n) is 9.77. The Labute approximate surface area is 177 Å². The summed E-state index contributed by atoms with van der Waals surface area (Å²) in [6, 6.07) is 13.3. The lowest BCUT2D eigenvalue weighted by Gasteiger charge is -2.40. The van der Waals surface area contributed by atoms with Crippen LogP contribution in [0.1, 0.15) is 51.0 Å². The standard InChI is InChI=1S/C24H26N4O2/c1-14-9-15(2)21(10-20(14)22(27)23(30-4)16(3)26)24(29)28-12-19(13-28)18-7-5-17(11-25)6-8-18/h5-10,19,27H,12-13,26H2,1-4H3/b23-16+,27-22?. The molecule has 0 bridgehead atoms. The van der Waals surface area contributed by atoms with Gasteiger partial charge in [-0.15, -0.1) is 0 Å². The smallest absolute Gasteiger partial charge is 0.254 e. The van der Waals surface area contributed by atoms with Gasteiger partial charge in [0.2, 0.25) is 0 Å². The number of likely N-dealkylation sites (tertiary alicyclic amines) is 1. The van der Waals surface area contributed by atoms with Crippen molar-refractivity contribution in [3.8, 4) is 6.07 Å². The maximum Gasteiger partial charge on any atom is 0.254 e. The largest absolute Gasteiger partial charge is 0.493 e. The molecule has 6 nitrogen and oxygen atoms in total. The summed E-state index contributed by atoms with van der Waals surface area (Å²) in [5.41, 5.74) is 11.2. The summed E-state index contributed by atoms with van der Waals surface area (Å²) in [4.78, 5) is 14.9. The van der Waals surface area contributed by atoms with Crippen molar-refractivity contribution in [2.75, 3.05) is 20.2 Å². The maximum atomic E-state index is 13.1. The Morgan fingerprint density at radius 2 is 1.77 bits per heavy atom. The van der Waals surface area contributed by atoms with E-state index in [9.17, 15) is 4.79 Å². The van der Waals surface area contributed by atoms with Crippen molar-refractivity contribution in [2.45, 2.75) is 26.7 Å². The molecule has 1 fully saturated rings. The van der Waals surface area contributed by atoms with Gasteiger partial charge in [-0.3, -0.25) is 10.2 Å². The summed E-state index contributed by atoms with van der Waals surface area (Å²) in [6.45, 7) is 6.78. The summed E-state index contributed by atoms with van der Waals surface area (Å²) in [5, 5.41) is 17.4. The number of hydrogen-bond acceptors (Lipinski definition) is 5. The second-order valence-corrected chi connectivity index (χ2v) is 7.71. The Hall–Kier alpha value is -3.59. The third-order valence-electron chi connectivity index (χ3n) is 5.54. The van der Waals surface area contributed by atoms with Crippen LogP contribution >= 0.6 is 0 Å². The minimum Gasteiger partial charge on any atom is -0.493 e. The lowest BCUT2D eigenvalue weighted by Crippen LogP contribution is -2.48. The number of nitrogens with one attached hydrogen (secondary N) is 1. The fraction of sp³-hybridized carbons (Fsp3) is 0.292. The molecule has 3 N–H and O–H groups in total. The van der Waals surface area contributed by atoms with Crippen LogP contribution in [-0.2, 0) is 4.74 Å². The highest BCUT2D eigenvalue weighted by Gasteiger charge is 2.33. The Bertz CT molecular complexity index is 1070. The average molecular weight is 402 g/mol. The maximum absolute atomic E-state index is 13.1. The number of ether oxygens (including phenoxy) is 1. The van der Waals surface area contributed by atoms with Gasteiger partial charge in [0.15, 0.2) is 5.76 Å². The Morgan fingerprint density at radius 3 is 2.30 bits per heavy atom. The van der Waals surface area contributed by atoms with Crippen molar-refractivity contribution >= 4 is 11.6 Å². The van der Waals surface area contributed by atoms with Crippen LogP contribution in [0.4, 0.5) is 0 Å². The minimum atomic E-state index is -0.0427. The highest BCUT2D eigenvalue weighted by molar-refractivity contribution is 6.12. The molecule has 1 saturated heterocycles. The number of rotatable bonds is 5. The van der Waals surface area contributed by atoms with Crippen molar-refractivity contribution in [1.82, 2.24) is 4.90 Å². The molecule has 3 rings (SSSR count). The lowest BCUT2D eigenvalue weighted by atomic mass is 9.89. The van der Waals surface area contributed by atoms with E-state index in [0.29, 0.717) is 41.2 Å². The van der Waals surface area contributed by atoms with E-state index in [0.717, 1.165) is 16.7 Å². The zero-order valence-corrected chi connectivity index (χ0v) is 17.7. The van der Waals surface area contributed by atoms with Crippen molar-refractivity contribution in [1.29, 1.82) is 10.7 Å². The lowest BCUT2D eigenvalue weighted by molar-refractivity contribution is 0.0601. The van der Waals surface area contributed by atoms with E-state index < -0.39 is 0 Å². The first kappa shape index (κ1) is 21.1. The second kappa shape index (κ2) is 8.42. The summed E-state index contributed by atoms with van der Waals surface area (Å²) >= 11 is 0. The van der Waals surface area contributed by atoms with Gasteiger partial charge in [-0.05, 0) is 55.7 Å². The fourth-order valence-corrected chi connectivity index (χ4v) is 3.79. The number of allylic oxidation sites excluding steroid dienone is 2. The molecule has 0 atom stereocenters. The number of nitrogens with two attached hydrogens (primary N) is 1. The van der Waals surface area contributed by atoms with Crippen LogP contribution in [0.2, 0.25) is 0 Å². The molecule has 154 valence electrons. The van der Waals surface area contributed by atoms with Crippen molar-refractivity contribution in [3.05, 3.63) is 81.2 Å². The molecule has 0 radical (unpaired) electrons. The first-order valence-corrected chi connectivity index (χ1v) is 9.77. The van der Waals surface area contributed by atoms with Gasteiger partial charge in [0.25, 0.3) is 5.91 Å². The highest BCUT2D eigenvalue weighted by Crippen LogP contribution is 2.30. The fourth-order valence-electron chi connectivity index (χ4n) is 3.79. The summed E-state index contributed by atoms with van der Waals surface area (Å²) < 4.78 is 5.29. The quantitative estimate of drug-likeness (QED) is 0.589. The van der Waals surface area contributed by atoms with E-state index in [1.54, 1.807) is 13.0 Å². The molecule has 0 spiro atoms. The molecule has 30 heavy (non-hydrogen) atoms. The summed E-state index contributed by atoms with van der Waals surface area (Å²) in [6.07, 6.45) is 0. The molecule has 0 saturated carbocycles. The monoisotopic (exact) mass is 402 g/mol. The summed E-state index contributed by atoms with van der Waals surface area (Å²) in [7, 11) is 1.49. The number of aryl methyl sites for hydroxylation is 2. The van der Waals surface area contributed by atoms with Gasteiger partial charge in [0.05, 0.1) is 18.7 Å². The van der Waals surface area contributed by atoms with E-state index in [2.05, 4.69) is 6.07 Å². The first-order chi connectivity index (χ1) is 14.3. The van der Waals surface area contributed by atoms with Gasteiger partial charge < -0.3 is 15.4 Å². The van der Waals surface area contributed by atoms with Crippen molar-refractivity contribution < 1.29 is 9.53 Å². The van der Waals surface area contributed by atoms with E-state index in [-0.39, 0.29) is 17.5 Å². The van der Waals surface area contributed by atoms with E-state index in [1.165, 1.54) is 7.11 Å². The number of nitriles is 1. The number of methoxy groups -OCH3 is 1. The van der Waals surface area contributed by atoms with Crippen LogP contribution < -0.4 is 5.73 Å². The molecule has 1 amide bonds. The van der Waals surface area contributed by atoms with Crippen molar-refractivity contribution in [3.63, 3.8) is 0 Å². The molecule has 1 heterocycles. The Kier molecular flexibility index (Phi) is 5.93. The normalized spacial score (nSPS) is 14.4. The number of nitrogens with zero attached hydrogens (tertiary/aromatic N) is 2. The molecule has 0 aliphatic carbocycles. The van der Waals surface area contributed by atoms with Crippen LogP contribution in [0.5, 0.6) is 0 Å². The molecule has 1 aliphatic heterocycles. The molecule has 2 aromatic carbocycles. The topological polar surface area (TPSA) is 103 Å². The average Bonchev–Trinajstić information content (AvgIpc) is 2.67. The van der Waals surface area contributed by atoms with Gasteiger partial charge in [-0.2, -0.15) is 5.26 Å². The predicted octanol–water partition coefficient (Wildman–Crippen LogP) is 3.62. The molecular formula is C24H26N4O2. The van der Waals surface area contributed by atoms with Crippen LogP contribution in [0.25, 0.3) is 0 Å². The van der Waals surface area contributed by atoms with Crippen LogP contribution in [0.3, 0.4) is 0 Å². The van der Waals surface area contributed by atoms with Gasteiger partial charge in [0.1, 0.15) is 5.71 Å². The molecule has 6 heteroatoms. The second-order valence-electron chi connectivity index (χ2n) is 7.71. The minimum absolute atomic E-state index is 0.0427. The Balaban J connectivity index is 1.81. The SMILES string of the molecule is CO/C(C(=N)c1cc(C(=O)N2CC(c3ccc(C#N)cc3)C2)c(C)cc1C)=C(\C)N. The zero-order chi connectivity index (χ0) is 22.0. The van der Waals surface area contributed by atoms with Gasteiger partial charge in [-0.25, -0.2) is 0 Å².